The quantitative estimate of drug-likeness (QED) is 0.894. The van der Waals surface area contributed by atoms with Crippen LogP contribution in [0, 0.1) is 5.41 Å². The number of rotatable bonds is 3. The maximum Gasteiger partial charge on any atom is 0.0951 e. The van der Waals surface area contributed by atoms with Crippen LogP contribution >= 0.6 is 0 Å². The molecule has 2 aliphatic carbocycles. The van der Waals surface area contributed by atoms with E-state index in [2.05, 4.69) is 17.0 Å². The number of aliphatic hydroxyl groups is 2. The Hall–Kier alpha value is -0.940. The van der Waals surface area contributed by atoms with E-state index >= 15 is 0 Å². The Morgan fingerprint density at radius 2 is 1.96 bits per heavy atom. The lowest BCUT2D eigenvalue weighted by Gasteiger charge is -2.57. The van der Waals surface area contributed by atoms with Crippen LogP contribution < -0.4 is 0 Å². The molecule has 1 saturated carbocycles. The fourth-order valence-electron chi connectivity index (χ4n) is 4.97. The molecule has 1 spiro atoms. The number of aliphatic hydroxyl groups excluding tert-OH is 2. The number of ether oxygens (including phenoxy) is 1. The molecule has 1 aromatic carbocycles. The zero-order chi connectivity index (χ0) is 16.0. The number of fused-ring (bicyclic) bond motifs is 1. The smallest absolute Gasteiger partial charge is 0.0951 e. The van der Waals surface area contributed by atoms with Crippen molar-refractivity contribution in [1.29, 1.82) is 0 Å². The van der Waals surface area contributed by atoms with Gasteiger partial charge >= 0.3 is 0 Å². The Labute approximate surface area is 138 Å². The predicted molar refractivity (Wildman–Crippen MR) is 88.2 cm³/mol. The summed E-state index contributed by atoms with van der Waals surface area (Å²) < 4.78 is 5.85. The van der Waals surface area contributed by atoms with Gasteiger partial charge in [0.2, 0.25) is 0 Å². The summed E-state index contributed by atoms with van der Waals surface area (Å²) in [6.07, 6.45) is 3.28. The highest BCUT2D eigenvalue weighted by Crippen LogP contribution is 2.51. The van der Waals surface area contributed by atoms with Crippen molar-refractivity contribution in [3.05, 3.63) is 35.4 Å². The zero-order valence-electron chi connectivity index (χ0n) is 13.8. The summed E-state index contributed by atoms with van der Waals surface area (Å²) in [7, 11) is 0. The number of likely N-dealkylation sites (tertiary alicyclic amines) is 1. The van der Waals surface area contributed by atoms with Gasteiger partial charge in [-0.2, -0.15) is 0 Å². The maximum atomic E-state index is 10.7. The number of hydrogen-bond acceptors (Lipinski definition) is 4. The van der Waals surface area contributed by atoms with Crippen LogP contribution in [0.4, 0.5) is 0 Å². The molecule has 2 fully saturated rings. The highest BCUT2D eigenvalue weighted by atomic mass is 16.5. The lowest BCUT2D eigenvalue weighted by Crippen LogP contribution is -2.63. The van der Waals surface area contributed by atoms with Gasteiger partial charge in [-0.25, -0.2) is 0 Å². The Bertz CT molecular complexity index is 565. The third kappa shape index (κ3) is 2.35. The van der Waals surface area contributed by atoms with E-state index in [1.807, 2.05) is 19.1 Å². The lowest BCUT2D eigenvalue weighted by molar-refractivity contribution is -0.212. The van der Waals surface area contributed by atoms with E-state index in [0.29, 0.717) is 0 Å². The summed E-state index contributed by atoms with van der Waals surface area (Å²) in [6, 6.07) is 8.42. The fourth-order valence-corrected chi connectivity index (χ4v) is 4.97. The van der Waals surface area contributed by atoms with E-state index < -0.39 is 0 Å². The Kier molecular flexibility index (Phi) is 3.96. The average molecular weight is 317 g/mol. The molecule has 4 unspecified atom stereocenters. The Balaban J connectivity index is 1.43. The van der Waals surface area contributed by atoms with E-state index in [9.17, 15) is 10.2 Å². The Morgan fingerprint density at radius 1 is 1.22 bits per heavy atom. The van der Waals surface area contributed by atoms with E-state index in [4.69, 9.17) is 4.74 Å². The van der Waals surface area contributed by atoms with Crippen molar-refractivity contribution in [1.82, 2.24) is 4.90 Å². The largest absolute Gasteiger partial charge is 0.392 e. The molecular weight excluding hydrogens is 290 g/mol. The third-order valence-corrected chi connectivity index (χ3v) is 6.48. The van der Waals surface area contributed by atoms with E-state index in [0.717, 1.165) is 50.9 Å². The van der Waals surface area contributed by atoms with Gasteiger partial charge < -0.3 is 14.9 Å². The van der Waals surface area contributed by atoms with Crippen molar-refractivity contribution in [2.75, 3.05) is 19.7 Å². The first-order valence-corrected chi connectivity index (χ1v) is 8.95. The molecular formula is C19H27NO3. The summed E-state index contributed by atoms with van der Waals surface area (Å²) in [4.78, 5) is 2.42. The molecule has 4 atom stereocenters. The van der Waals surface area contributed by atoms with E-state index in [1.54, 1.807) is 0 Å². The molecule has 1 saturated heterocycles. The average Bonchev–Trinajstić information content (AvgIpc) is 2.92. The summed E-state index contributed by atoms with van der Waals surface area (Å²) in [5.74, 6) is 0. The SMILES string of the molecule is CCOC1CC(O)C12CCN(C1Cc3ccccc3C1O)CC2. The molecule has 2 N–H and O–H groups in total. The molecule has 126 valence electrons. The van der Waals surface area contributed by atoms with Crippen LogP contribution in [-0.4, -0.2) is 53.1 Å². The molecule has 1 aliphatic heterocycles. The first-order chi connectivity index (χ1) is 11.2. The van der Waals surface area contributed by atoms with E-state index in [1.165, 1.54) is 5.56 Å². The van der Waals surface area contributed by atoms with Crippen molar-refractivity contribution < 1.29 is 14.9 Å². The van der Waals surface area contributed by atoms with Crippen molar-refractivity contribution in [3.8, 4) is 0 Å². The first kappa shape index (κ1) is 15.6. The fraction of sp³-hybridized carbons (Fsp3) is 0.684. The standard InChI is InChI=1S/C19H27NO3/c1-2-23-17-12-16(21)19(17)7-9-20(10-8-19)15-11-13-5-3-4-6-14(13)18(15)22/h3-6,15-18,21-22H,2,7-12H2,1H3. The maximum absolute atomic E-state index is 10.7. The van der Waals surface area contributed by atoms with Gasteiger partial charge in [-0.05, 0) is 50.4 Å². The molecule has 23 heavy (non-hydrogen) atoms. The molecule has 4 heteroatoms. The topological polar surface area (TPSA) is 52.9 Å². The van der Waals surface area contributed by atoms with Crippen LogP contribution in [0.1, 0.15) is 43.4 Å². The monoisotopic (exact) mass is 317 g/mol. The van der Waals surface area contributed by atoms with Crippen LogP contribution in [0.3, 0.4) is 0 Å². The van der Waals surface area contributed by atoms with Gasteiger partial charge in [0.1, 0.15) is 0 Å². The van der Waals surface area contributed by atoms with Gasteiger partial charge in [0.15, 0.2) is 0 Å². The minimum Gasteiger partial charge on any atom is -0.392 e. The molecule has 0 bridgehead atoms. The van der Waals surface area contributed by atoms with Crippen LogP contribution in [0.25, 0.3) is 0 Å². The molecule has 3 aliphatic rings. The van der Waals surface area contributed by atoms with Gasteiger partial charge in [0, 0.05) is 24.5 Å². The lowest BCUT2D eigenvalue weighted by atomic mass is 9.58. The van der Waals surface area contributed by atoms with Gasteiger partial charge in [0.05, 0.1) is 18.3 Å². The molecule has 1 heterocycles. The highest BCUT2D eigenvalue weighted by Gasteiger charge is 2.56. The zero-order valence-corrected chi connectivity index (χ0v) is 13.8. The Morgan fingerprint density at radius 3 is 2.61 bits per heavy atom. The summed E-state index contributed by atoms with van der Waals surface area (Å²) in [6.45, 7) is 4.63. The minimum atomic E-state index is -0.380. The van der Waals surface area contributed by atoms with Gasteiger partial charge in [-0.1, -0.05) is 24.3 Å². The molecule has 4 rings (SSSR count). The normalized spacial score (nSPS) is 36.0. The van der Waals surface area contributed by atoms with Crippen molar-refractivity contribution in [3.63, 3.8) is 0 Å². The van der Waals surface area contributed by atoms with Crippen LogP contribution in [-0.2, 0) is 11.2 Å². The molecule has 4 nitrogen and oxygen atoms in total. The summed E-state index contributed by atoms with van der Waals surface area (Å²) in [5, 5.41) is 21.0. The van der Waals surface area contributed by atoms with Gasteiger partial charge in [0.25, 0.3) is 0 Å². The number of nitrogens with zero attached hydrogens (tertiary/aromatic N) is 1. The predicted octanol–water partition coefficient (Wildman–Crippen LogP) is 1.90. The number of piperidine rings is 1. The minimum absolute atomic E-state index is 0.0388. The van der Waals surface area contributed by atoms with Gasteiger partial charge in [-0.3, -0.25) is 4.90 Å². The van der Waals surface area contributed by atoms with E-state index in [-0.39, 0.29) is 29.8 Å². The molecule has 0 aromatic heterocycles. The molecule has 0 amide bonds. The number of benzene rings is 1. The second-order valence-corrected chi connectivity index (χ2v) is 7.38. The summed E-state index contributed by atoms with van der Waals surface area (Å²) in [5.41, 5.74) is 2.33. The van der Waals surface area contributed by atoms with Crippen molar-refractivity contribution >= 4 is 0 Å². The second kappa shape index (κ2) is 5.85. The highest BCUT2D eigenvalue weighted by molar-refractivity contribution is 5.36. The van der Waals surface area contributed by atoms with Crippen molar-refractivity contribution in [2.24, 2.45) is 5.41 Å². The summed E-state index contributed by atoms with van der Waals surface area (Å²) >= 11 is 0. The first-order valence-electron chi connectivity index (χ1n) is 8.95. The van der Waals surface area contributed by atoms with Crippen LogP contribution in [0.5, 0.6) is 0 Å². The second-order valence-electron chi connectivity index (χ2n) is 7.38. The van der Waals surface area contributed by atoms with Crippen LogP contribution in [0.15, 0.2) is 24.3 Å². The number of hydrogen-bond donors (Lipinski definition) is 2. The molecule has 1 aromatic rings. The van der Waals surface area contributed by atoms with Crippen molar-refractivity contribution in [2.45, 2.75) is 57.0 Å². The van der Waals surface area contributed by atoms with Gasteiger partial charge in [-0.15, -0.1) is 0 Å². The third-order valence-electron chi connectivity index (χ3n) is 6.48. The van der Waals surface area contributed by atoms with Crippen LogP contribution in [0.2, 0.25) is 0 Å². The molecule has 0 radical (unpaired) electrons.